The number of hydrogen-bond acceptors (Lipinski definition) is 4. The van der Waals surface area contributed by atoms with Crippen LogP contribution in [0.4, 0.5) is 0 Å². The Balaban J connectivity index is 1.32. The molecule has 0 aliphatic carbocycles. The maximum Gasteiger partial charge on any atom is 0.272 e. The van der Waals surface area contributed by atoms with E-state index in [0.29, 0.717) is 30.3 Å². The summed E-state index contributed by atoms with van der Waals surface area (Å²) < 4.78 is 5.79. The zero-order valence-corrected chi connectivity index (χ0v) is 16.3. The van der Waals surface area contributed by atoms with E-state index in [2.05, 4.69) is 15.5 Å². The summed E-state index contributed by atoms with van der Waals surface area (Å²) in [7, 11) is 0. The lowest BCUT2D eigenvalue weighted by atomic mass is 10.1. The molecule has 1 amide bonds. The van der Waals surface area contributed by atoms with Crippen LogP contribution in [0.2, 0.25) is 0 Å². The van der Waals surface area contributed by atoms with Crippen LogP contribution in [0.15, 0.2) is 83.7 Å². The zero-order chi connectivity index (χ0) is 20.8. The molecule has 150 valence electrons. The molecule has 6 heteroatoms. The molecule has 2 N–H and O–H groups in total. The maximum absolute atomic E-state index is 12.5. The molecule has 1 aromatic heterocycles. The lowest BCUT2D eigenvalue weighted by Crippen LogP contribution is -2.28. The molecule has 0 bridgehead atoms. The van der Waals surface area contributed by atoms with Gasteiger partial charge in [-0.2, -0.15) is 5.10 Å². The highest BCUT2D eigenvalue weighted by molar-refractivity contribution is 6.04. The van der Waals surface area contributed by atoms with Crippen molar-refractivity contribution in [1.82, 2.24) is 15.5 Å². The van der Waals surface area contributed by atoms with Crippen LogP contribution in [0.3, 0.4) is 0 Å². The van der Waals surface area contributed by atoms with Gasteiger partial charge in [0.05, 0.1) is 5.39 Å². The van der Waals surface area contributed by atoms with Crippen molar-refractivity contribution in [3.63, 3.8) is 0 Å². The number of rotatable bonds is 7. The largest absolute Gasteiger partial charge is 0.489 e. The van der Waals surface area contributed by atoms with Gasteiger partial charge in [0, 0.05) is 11.9 Å². The van der Waals surface area contributed by atoms with Crippen LogP contribution < -0.4 is 15.6 Å². The summed E-state index contributed by atoms with van der Waals surface area (Å²) in [5.41, 5.74) is 2.11. The molecule has 0 saturated carbocycles. The molecular formula is C24H21N3O3. The SMILES string of the molecule is O=C(NCCc1ccc(OCc2ccccc2)cc1)c1n[nH]c(=O)c2ccccc12. The first kappa shape index (κ1) is 19.4. The maximum atomic E-state index is 12.5. The fourth-order valence-corrected chi connectivity index (χ4v) is 3.19. The number of nitrogens with one attached hydrogen (secondary N) is 2. The monoisotopic (exact) mass is 399 g/mol. The molecule has 4 aromatic rings. The molecule has 3 aromatic carbocycles. The van der Waals surface area contributed by atoms with Crippen LogP contribution in [0.25, 0.3) is 10.8 Å². The molecule has 0 atom stereocenters. The first-order valence-corrected chi connectivity index (χ1v) is 9.72. The highest BCUT2D eigenvalue weighted by Gasteiger charge is 2.13. The van der Waals surface area contributed by atoms with Gasteiger partial charge in [-0.25, -0.2) is 5.10 Å². The summed E-state index contributed by atoms with van der Waals surface area (Å²) in [5.74, 6) is 0.487. The molecule has 6 nitrogen and oxygen atoms in total. The van der Waals surface area contributed by atoms with E-state index >= 15 is 0 Å². The van der Waals surface area contributed by atoms with E-state index in [-0.39, 0.29) is 17.2 Å². The van der Waals surface area contributed by atoms with Crippen molar-refractivity contribution >= 4 is 16.7 Å². The molecule has 0 fully saturated rings. The average molecular weight is 399 g/mol. The Hall–Kier alpha value is -3.93. The smallest absolute Gasteiger partial charge is 0.272 e. The van der Waals surface area contributed by atoms with Crippen molar-refractivity contribution in [2.24, 2.45) is 0 Å². The van der Waals surface area contributed by atoms with Gasteiger partial charge < -0.3 is 10.1 Å². The van der Waals surface area contributed by atoms with Crippen molar-refractivity contribution in [2.45, 2.75) is 13.0 Å². The first-order chi connectivity index (χ1) is 14.7. The fourth-order valence-electron chi connectivity index (χ4n) is 3.19. The normalized spacial score (nSPS) is 10.7. The van der Waals surface area contributed by atoms with Crippen LogP contribution in [-0.4, -0.2) is 22.6 Å². The third kappa shape index (κ3) is 4.55. The van der Waals surface area contributed by atoms with Gasteiger partial charge in [0.1, 0.15) is 12.4 Å². The van der Waals surface area contributed by atoms with Gasteiger partial charge >= 0.3 is 0 Å². The van der Waals surface area contributed by atoms with Crippen LogP contribution in [0.5, 0.6) is 5.75 Å². The van der Waals surface area contributed by atoms with E-state index in [0.717, 1.165) is 16.9 Å². The summed E-state index contributed by atoms with van der Waals surface area (Å²) in [5, 5.41) is 10.2. The summed E-state index contributed by atoms with van der Waals surface area (Å²) >= 11 is 0. The minimum absolute atomic E-state index is 0.217. The molecular weight excluding hydrogens is 378 g/mol. The molecule has 0 aliphatic rings. The van der Waals surface area contributed by atoms with Gasteiger partial charge in [0.15, 0.2) is 5.69 Å². The Morgan fingerprint density at radius 1 is 0.867 bits per heavy atom. The van der Waals surface area contributed by atoms with E-state index in [9.17, 15) is 9.59 Å². The third-order valence-electron chi connectivity index (χ3n) is 4.78. The van der Waals surface area contributed by atoms with Gasteiger partial charge in [0.2, 0.25) is 0 Å². The number of carbonyl (C=O) groups is 1. The molecule has 4 rings (SSSR count). The van der Waals surface area contributed by atoms with Gasteiger partial charge in [-0.3, -0.25) is 9.59 Å². The molecule has 30 heavy (non-hydrogen) atoms. The van der Waals surface area contributed by atoms with Crippen molar-refractivity contribution in [3.8, 4) is 5.75 Å². The number of ether oxygens (including phenoxy) is 1. The summed E-state index contributed by atoms with van der Waals surface area (Å²) in [6.45, 7) is 0.981. The lowest BCUT2D eigenvalue weighted by molar-refractivity contribution is 0.0950. The topological polar surface area (TPSA) is 84.1 Å². The quantitative estimate of drug-likeness (QED) is 0.498. The second-order valence-corrected chi connectivity index (χ2v) is 6.87. The van der Waals surface area contributed by atoms with Crippen molar-refractivity contribution in [2.75, 3.05) is 6.54 Å². The van der Waals surface area contributed by atoms with Gasteiger partial charge in [-0.15, -0.1) is 0 Å². The van der Waals surface area contributed by atoms with Crippen LogP contribution >= 0.6 is 0 Å². The average Bonchev–Trinajstić information content (AvgIpc) is 2.79. The molecule has 1 heterocycles. The number of nitrogens with zero attached hydrogens (tertiary/aromatic N) is 1. The summed E-state index contributed by atoms with van der Waals surface area (Å²) in [6, 6.07) is 24.8. The Kier molecular flexibility index (Phi) is 5.85. The zero-order valence-electron chi connectivity index (χ0n) is 16.3. The number of fused-ring (bicyclic) bond motifs is 1. The second kappa shape index (κ2) is 9.05. The highest BCUT2D eigenvalue weighted by Crippen LogP contribution is 2.15. The minimum atomic E-state index is -0.315. The van der Waals surface area contributed by atoms with E-state index in [1.807, 2.05) is 54.6 Å². The Morgan fingerprint density at radius 3 is 2.33 bits per heavy atom. The summed E-state index contributed by atoms with van der Waals surface area (Å²) in [4.78, 5) is 24.4. The second-order valence-electron chi connectivity index (χ2n) is 6.87. The predicted octanol–water partition coefficient (Wildman–Crippen LogP) is 3.47. The summed E-state index contributed by atoms with van der Waals surface area (Å²) in [6.07, 6.45) is 0.673. The van der Waals surface area contributed by atoms with E-state index in [1.54, 1.807) is 24.3 Å². The molecule has 0 spiro atoms. The minimum Gasteiger partial charge on any atom is -0.489 e. The number of aromatic amines is 1. The van der Waals surface area contributed by atoms with Gasteiger partial charge in [-0.05, 0) is 35.7 Å². The first-order valence-electron chi connectivity index (χ1n) is 9.72. The lowest BCUT2D eigenvalue weighted by Gasteiger charge is -2.09. The molecule has 0 aliphatic heterocycles. The Bertz CT molecular complexity index is 1200. The third-order valence-corrected chi connectivity index (χ3v) is 4.78. The molecule has 0 unspecified atom stereocenters. The van der Waals surface area contributed by atoms with Crippen LogP contribution in [0, 0.1) is 0 Å². The standard InChI is InChI=1S/C24H21N3O3/c28-23-21-9-5-4-8-20(21)22(26-27-23)24(29)25-15-14-17-10-12-19(13-11-17)30-16-18-6-2-1-3-7-18/h1-13H,14-16H2,(H,25,29)(H,27,28). The van der Waals surface area contributed by atoms with Gasteiger partial charge in [0.25, 0.3) is 11.5 Å². The number of benzene rings is 3. The predicted molar refractivity (Wildman–Crippen MR) is 116 cm³/mol. The number of carbonyl (C=O) groups excluding carboxylic acids is 1. The van der Waals surface area contributed by atoms with Crippen LogP contribution in [-0.2, 0) is 13.0 Å². The number of H-pyrrole nitrogens is 1. The molecule has 0 radical (unpaired) electrons. The van der Waals surface area contributed by atoms with Crippen molar-refractivity contribution in [1.29, 1.82) is 0 Å². The number of aromatic nitrogens is 2. The number of amides is 1. The highest BCUT2D eigenvalue weighted by atomic mass is 16.5. The number of hydrogen-bond donors (Lipinski definition) is 2. The Labute approximate surface area is 173 Å². The van der Waals surface area contributed by atoms with E-state index in [1.165, 1.54) is 0 Å². The van der Waals surface area contributed by atoms with E-state index in [4.69, 9.17) is 4.74 Å². The fraction of sp³-hybridized carbons (Fsp3) is 0.125. The van der Waals surface area contributed by atoms with Crippen molar-refractivity contribution < 1.29 is 9.53 Å². The Morgan fingerprint density at radius 2 is 1.57 bits per heavy atom. The molecule has 0 saturated heterocycles. The van der Waals surface area contributed by atoms with E-state index < -0.39 is 0 Å². The van der Waals surface area contributed by atoms with Crippen molar-refractivity contribution in [3.05, 3.63) is 106 Å². The van der Waals surface area contributed by atoms with Gasteiger partial charge in [-0.1, -0.05) is 60.7 Å². The van der Waals surface area contributed by atoms with Crippen LogP contribution in [0.1, 0.15) is 21.6 Å².